The number of aromatic nitrogens is 2. The van der Waals surface area contributed by atoms with Crippen molar-refractivity contribution in [2.45, 2.75) is 18.9 Å². The van der Waals surface area contributed by atoms with Gasteiger partial charge >= 0.3 is 0 Å². The molecule has 3 rings (SSSR count). The van der Waals surface area contributed by atoms with E-state index in [1.807, 2.05) is 0 Å². The molecule has 0 spiro atoms. The average Bonchev–Trinajstić information content (AvgIpc) is 2.41. The van der Waals surface area contributed by atoms with Crippen LogP contribution in [0.25, 0.3) is 10.9 Å². The number of nitrogens with zero attached hydrogens (tertiary/aromatic N) is 2. The highest BCUT2D eigenvalue weighted by molar-refractivity contribution is 7.91. The third-order valence-electron chi connectivity index (χ3n) is 3.68. The van der Waals surface area contributed by atoms with E-state index in [2.05, 4.69) is 4.98 Å². The zero-order valence-electron chi connectivity index (χ0n) is 10.6. The van der Waals surface area contributed by atoms with Crippen LogP contribution in [0, 0.1) is 5.82 Å². The normalized spacial score (nSPS) is 19.2. The summed E-state index contributed by atoms with van der Waals surface area (Å²) in [6, 6.07) is 4.07. The highest BCUT2D eigenvalue weighted by Crippen LogP contribution is 2.23. The molecule has 0 amide bonds. The van der Waals surface area contributed by atoms with Gasteiger partial charge in [-0.1, -0.05) is 6.07 Å². The van der Waals surface area contributed by atoms with Crippen LogP contribution in [-0.2, 0) is 9.84 Å². The maximum atomic E-state index is 13.6. The third-order valence-corrected chi connectivity index (χ3v) is 5.40. The van der Waals surface area contributed by atoms with Gasteiger partial charge in [0.15, 0.2) is 0 Å². The Balaban J connectivity index is 2.06. The summed E-state index contributed by atoms with van der Waals surface area (Å²) in [6.07, 6.45) is 2.10. The van der Waals surface area contributed by atoms with E-state index in [9.17, 15) is 17.6 Å². The molecule has 0 aliphatic carbocycles. The van der Waals surface area contributed by atoms with E-state index in [0.29, 0.717) is 12.8 Å². The molecule has 1 saturated heterocycles. The second kappa shape index (κ2) is 4.66. The van der Waals surface area contributed by atoms with Crippen molar-refractivity contribution >= 4 is 20.7 Å². The summed E-state index contributed by atoms with van der Waals surface area (Å²) < 4.78 is 37.8. The first-order valence-corrected chi connectivity index (χ1v) is 8.16. The number of para-hydroxylation sites is 1. The number of fused-ring (bicyclic) bond motifs is 1. The molecule has 2 aromatic rings. The van der Waals surface area contributed by atoms with Gasteiger partial charge < -0.3 is 0 Å². The van der Waals surface area contributed by atoms with Crippen molar-refractivity contribution in [3.8, 4) is 0 Å². The molecule has 0 N–H and O–H groups in total. The van der Waals surface area contributed by atoms with Crippen molar-refractivity contribution in [3.63, 3.8) is 0 Å². The minimum Gasteiger partial charge on any atom is -0.296 e. The Labute approximate surface area is 115 Å². The SMILES string of the molecule is O=c1c2cccc(F)c2ncn1C1CCS(=O)(=O)CC1. The minimum atomic E-state index is -2.98. The standard InChI is InChI=1S/C13H13FN2O3S/c14-11-3-1-2-10-12(11)15-8-16(13(10)17)9-4-6-20(18,19)7-5-9/h1-3,8-9H,4-7H2. The summed E-state index contributed by atoms with van der Waals surface area (Å²) in [5.74, 6) is -0.380. The van der Waals surface area contributed by atoms with Crippen LogP contribution in [0.3, 0.4) is 0 Å². The van der Waals surface area contributed by atoms with Crippen LogP contribution in [0.2, 0.25) is 0 Å². The second-order valence-electron chi connectivity index (χ2n) is 4.98. The molecule has 106 valence electrons. The molecule has 0 saturated carbocycles. The third kappa shape index (κ3) is 2.22. The zero-order chi connectivity index (χ0) is 14.3. The quantitative estimate of drug-likeness (QED) is 0.795. The van der Waals surface area contributed by atoms with Crippen molar-refractivity contribution in [3.05, 3.63) is 40.7 Å². The Morgan fingerprint density at radius 3 is 2.65 bits per heavy atom. The van der Waals surface area contributed by atoms with Crippen molar-refractivity contribution in [2.75, 3.05) is 11.5 Å². The predicted octanol–water partition coefficient (Wildman–Crippen LogP) is 1.29. The van der Waals surface area contributed by atoms with E-state index < -0.39 is 15.7 Å². The molecular formula is C13H13FN2O3S. The van der Waals surface area contributed by atoms with Gasteiger partial charge in [0, 0.05) is 6.04 Å². The molecule has 0 unspecified atom stereocenters. The van der Waals surface area contributed by atoms with Crippen LogP contribution in [0.5, 0.6) is 0 Å². The van der Waals surface area contributed by atoms with Crippen LogP contribution in [0.4, 0.5) is 4.39 Å². The van der Waals surface area contributed by atoms with E-state index in [4.69, 9.17) is 0 Å². The fourth-order valence-electron chi connectivity index (χ4n) is 2.55. The lowest BCUT2D eigenvalue weighted by molar-refractivity contribution is 0.436. The van der Waals surface area contributed by atoms with Crippen molar-refractivity contribution in [1.82, 2.24) is 9.55 Å². The lowest BCUT2D eigenvalue weighted by Crippen LogP contribution is -2.32. The molecule has 1 aliphatic heterocycles. The van der Waals surface area contributed by atoms with Gasteiger partial charge in [0.05, 0.1) is 23.2 Å². The lowest BCUT2D eigenvalue weighted by Gasteiger charge is -2.23. The van der Waals surface area contributed by atoms with E-state index >= 15 is 0 Å². The molecule has 1 aliphatic rings. The first kappa shape index (κ1) is 13.2. The molecular weight excluding hydrogens is 283 g/mol. The monoisotopic (exact) mass is 296 g/mol. The lowest BCUT2D eigenvalue weighted by atomic mass is 10.1. The molecule has 7 heteroatoms. The summed E-state index contributed by atoms with van der Waals surface area (Å²) in [5, 5.41) is 0.223. The van der Waals surface area contributed by atoms with Gasteiger partial charge in [0.25, 0.3) is 5.56 Å². The number of hydrogen-bond donors (Lipinski definition) is 0. The minimum absolute atomic E-state index is 0.0529. The largest absolute Gasteiger partial charge is 0.296 e. The molecule has 0 bridgehead atoms. The van der Waals surface area contributed by atoms with Crippen LogP contribution >= 0.6 is 0 Å². The number of hydrogen-bond acceptors (Lipinski definition) is 4. The number of sulfone groups is 1. The smallest absolute Gasteiger partial charge is 0.261 e. The topological polar surface area (TPSA) is 69.0 Å². The van der Waals surface area contributed by atoms with E-state index in [1.165, 1.54) is 29.1 Å². The fraction of sp³-hybridized carbons (Fsp3) is 0.385. The van der Waals surface area contributed by atoms with Crippen LogP contribution < -0.4 is 5.56 Å². The molecule has 20 heavy (non-hydrogen) atoms. The number of rotatable bonds is 1. The van der Waals surface area contributed by atoms with Crippen LogP contribution in [0.15, 0.2) is 29.3 Å². The van der Waals surface area contributed by atoms with Crippen molar-refractivity contribution < 1.29 is 12.8 Å². The molecule has 2 heterocycles. The first-order valence-electron chi connectivity index (χ1n) is 6.34. The summed E-state index contributed by atoms with van der Waals surface area (Å²) in [6.45, 7) is 0. The maximum absolute atomic E-state index is 13.6. The van der Waals surface area contributed by atoms with Gasteiger partial charge in [0.1, 0.15) is 21.2 Å². The summed E-state index contributed by atoms with van der Waals surface area (Å²) in [5.41, 5.74) is -0.268. The Morgan fingerprint density at radius 2 is 1.95 bits per heavy atom. The second-order valence-corrected chi connectivity index (χ2v) is 7.28. The molecule has 1 fully saturated rings. The summed E-state index contributed by atoms with van der Waals surface area (Å²) in [7, 11) is -2.98. The van der Waals surface area contributed by atoms with Crippen molar-refractivity contribution in [1.29, 1.82) is 0 Å². The summed E-state index contributed by atoms with van der Waals surface area (Å²) in [4.78, 5) is 16.3. The van der Waals surface area contributed by atoms with E-state index in [1.54, 1.807) is 0 Å². The molecule has 0 atom stereocenters. The van der Waals surface area contributed by atoms with Gasteiger partial charge in [-0.2, -0.15) is 0 Å². The summed E-state index contributed by atoms with van der Waals surface area (Å²) >= 11 is 0. The van der Waals surface area contributed by atoms with Gasteiger partial charge in [-0.15, -0.1) is 0 Å². The number of halogens is 1. The van der Waals surface area contributed by atoms with Gasteiger partial charge in [-0.05, 0) is 25.0 Å². The van der Waals surface area contributed by atoms with Crippen LogP contribution in [-0.4, -0.2) is 29.5 Å². The molecule has 1 aromatic heterocycles. The maximum Gasteiger partial charge on any atom is 0.261 e. The highest BCUT2D eigenvalue weighted by Gasteiger charge is 2.25. The number of benzene rings is 1. The highest BCUT2D eigenvalue weighted by atomic mass is 32.2. The molecule has 5 nitrogen and oxygen atoms in total. The Bertz CT molecular complexity index is 815. The van der Waals surface area contributed by atoms with Gasteiger partial charge in [-0.3, -0.25) is 9.36 Å². The van der Waals surface area contributed by atoms with Gasteiger partial charge in [-0.25, -0.2) is 17.8 Å². The Kier molecular flexibility index (Phi) is 3.08. The molecule has 1 aromatic carbocycles. The van der Waals surface area contributed by atoms with Gasteiger partial charge in [0.2, 0.25) is 0 Å². The van der Waals surface area contributed by atoms with Crippen LogP contribution in [0.1, 0.15) is 18.9 Å². The predicted molar refractivity (Wildman–Crippen MR) is 72.9 cm³/mol. The Hall–Kier alpha value is -1.76. The fourth-order valence-corrected chi connectivity index (χ4v) is 4.01. The van der Waals surface area contributed by atoms with E-state index in [0.717, 1.165) is 0 Å². The van der Waals surface area contributed by atoms with Crippen molar-refractivity contribution in [2.24, 2.45) is 0 Å². The Morgan fingerprint density at radius 1 is 1.25 bits per heavy atom. The van der Waals surface area contributed by atoms with E-state index in [-0.39, 0.29) is 34.0 Å². The zero-order valence-corrected chi connectivity index (χ0v) is 11.4. The average molecular weight is 296 g/mol. The first-order chi connectivity index (χ1) is 9.48. The molecule has 0 radical (unpaired) electrons.